The summed E-state index contributed by atoms with van der Waals surface area (Å²) in [5, 5.41) is 3.70. The molecule has 0 spiro atoms. The third kappa shape index (κ3) is 3.41. The minimum absolute atomic E-state index is 0. The number of aryl methyl sites for hydroxylation is 1. The van der Waals surface area contributed by atoms with E-state index in [0.717, 1.165) is 38.6 Å². The van der Waals surface area contributed by atoms with Gasteiger partial charge in [-0.05, 0) is 54.9 Å². The quantitative estimate of drug-likeness (QED) is 0.744. The lowest BCUT2D eigenvalue weighted by Gasteiger charge is -2.42. The summed E-state index contributed by atoms with van der Waals surface area (Å²) in [7, 11) is 0. The second kappa shape index (κ2) is 7.87. The third-order valence-corrected chi connectivity index (χ3v) is 6.16. The highest BCUT2D eigenvalue weighted by atomic mass is 15.0. The maximum absolute atomic E-state index is 7.16. The van der Waals surface area contributed by atoms with E-state index in [1.54, 1.807) is 0 Å². The molecule has 0 radical (unpaired) electrons. The van der Waals surface area contributed by atoms with Gasteiger partial charge in [0, 0.05) is 35.9 Å². The van der Waals surface area contributed by atoms with E-state index in [2.05, 4.69) is 48.6 Å². The van der Waals surface area contributed by atoms with Crippen LogP contribution >= 0.6 is 0 Å². The van der Waals surface area contributed by atoms with Crippen molar-refractivity contribution in [3.63, 3.8) is 0 Å². The molecule has 1 aliphatic heterocycles. The second-order valence-electron chi connectivity index (χ2n) is 7.81. The lowest BCUT2D eigenvalue weighted by Crippen LogP contribution is -2.49. The highest BCUT2D eigenvalue weighted by Crippen LogP contribution is 2.44. The first kappa shape index (κ1) is 19.0. The van der Waals surface area contributed by atoms with Gasteiger partial charge in [0.05, 0.1) is 0 Å². The van der Waals surface area contributed by atoms with Gasteiger partial charge in [0.1, 0.15) is 0 Å². The molecule has 4 nitrogen and oxygen atoms in total. The van der Waals surface area contributed by atoms with E-state index in [-0.39, 0.29) is 11.7 Å². The first-order valence-corrected chi connectivity index (χ1v) is 9.75. The van der Waals surface area contributed by atoms with Crippen molar-refractivity contribution in [2.45, 2.75) is 69.5 Å². The molecule has 140 valence electrons. The van der Waals surface area contributed by atoms with Crippen molar-refractivity contribution in [3.8, 4) is 0 Å². The average molecular weight is 353 g/mol. The van der Waals surface area contributed by atoms with Gasteiger partial charge in [-0.25, -0.2) is 0 Å². The van der Waals surface area contributed by atoms with Crippen molar-refractivity contribution < 1.29 is 0 Å². The monoisotopic (exact) mass is 352 g/mol. The summed E-state index contributed by atoms with van der Waals surface area (Å²) in [5.41, 5.74) is 12.5. The van der Waals surface area contributed by atoms with Gasteiger partial charge in [0.25, 0.3) is 0 Å². The molecule has 2 aliphatic rings. The molecule has 6 N–H and O–H groups in total. The van der Waals surface area contributed by atoms with Crippen LogP contribution in [0.2, 0.25) is 0 Å². The molecule has 1 aromatic heterocycles. The zero-order valence-electron chi connectivity index (χ0n) is 15.9. The first-order valence-electron chi connectivity index (χ1n) is 9.75. The van der Waals surface area contributed by atoms with Crippen LogP contribution in [0.5, 0.6) is 0 Å². The number of aromatic nitrogens is 1. The standard InChI is InChI=1S/C22H29N3.H3N/c1-2-12-22(23,14-20-18-10-4-3-7-17(18)15-25-20)19-11-5-8-16-9-6-13-24-21(16)19;/h3-4,6-7,9-10,13,19-20,25H,2,5,8,11-12,14-15,23H2,1H3;1H3. The minimum Gasteiger partial charge on any atom is -0.344 e. The summed E-state index contributed by atoms with van der Waals surface area (Å²) in [6.45, 7) is 3.21. The summed E-state index contributed by atoms with van der Waals surface area (Å²) >= 11 is 0. The summed E-state index contributed by atoms with van der Waals surface area (Å²) < 4.78 is 0. The predicted molar refractivity (Wildman–Crippen MR) is 107 cm³/mol. The van der Waals surface area contributed by atoms with Crippen molar-refractivity contribution in [2.75, 3.05) is 0 Å². The molecule has 2 heterocycles. The maximum Gasteiger partial charge on any atom is 0.0484 e. The van der Waals surface area contributed by atoms with Crippen LogP contribution < -0.4 is 17.2 Å². The van der Waals surface area contributed by atoms with Gasteiger partial charge in [-0.15, -0.1) is 0 Å². The van der Waals surface area contributed by atoms with Gasteiger partial charge in [-0.2, -0.15) is 0 Å². The largest absolute Gasteiger partial charge is 0.344 e. The van der Waals surface area contributed by atoms with Crippen LogP contribution in [0.1, 0.15) is 73.4 Å². The van der Waals surface area contributed by atoms with Gasteiger partial charge in [-0.3, -0.25) is 4.98 Å². The maximum atomic E-state index is 7.16. The van der Waals surface area contributed by atoms with Gasteiger partial charge < -0.3 is 17.2 Å². The zero-order chi connectivity index (χ0) is 17.3. The molecule has 26 heavy (non-hydrogen) atoms. The molecule has 0 saturated carbocycles. The molecule has 0 bridgehead atoms. The number of rotatable bonds is 5. The Bertz CT molecular complexity index is 744. The number of benzene rings is 1. The molecular weight excluding hydrogens is 320 g/mol. The van der Waals surface area contributed by atoms with Gasteiger partial charge in [0.2, 0.25) is 0 Å². The van der Waals surface area contributed by atoms with Gasteiger partial charge >= 0.3 is 0 Å². The fourth-order valence-electron chi connectivity index (χ4n) is 4.99. The van der Waals surface area contributed by atoms with Crippen LogP contribution in [0, 0.1) is 0 Å². The fourth-order valence-corrected chi connectivity index (χ4v) is 4.99. The molecule has 4 heteroatoms. The van der Waals surface area contributed by atoms with Gasteiger partial charge in [0.15, 0.2) is 0 Å². The van der Waals surface area contributed by atoms with E-state index in [4.69, 9.17) is 10.7 Å². The average Bonchev–Trinajstić information content (AvgIpc) is 3.04. The molecule has 0 amide bonds. The predicted octanol–water partition coefficient (Wildman–Crippen LogP) is 4.40. The van der Waals surface area contributed by atoms with Crippen LogP contribution in [0.25, 0.3) is 0 Å². The van der Waals surface area contributed by atoms with Crippen molar-refractivity contribution in [2.24, 2.45) is 5.73 Å². The lowest BCUT2D eigenvalue weighted by atomic mass is 9.69. The second-order valence-corrected chi connectivity index (χ2v) is 7.81. The topological polar surface area (TPSA) is 85.9 Å². The molecule has 2 aromatic rings. The number of hydrogen-bond donors (Lipinski definition) is 3. The van der Waals surface area contributed by atoms with E-state index >= 15 is 0 Å². The van der Waals surface area contributed by atoms with Crippen molar-refractivity contribution in [1.29, 1.82) is 0 Å². The van der Waals surface area contributed by atoms with E-state index in [9.17, 15) is 0 Å². The van der Waals surface area contributed by atoms with Crippen LogP contribution in [-0.2, 0) is 13.0 Å². The molecular formula is C22H32N4. The Morgan fingerprint density at radius 1 is 1.19 bits per heavy atom. The van der Waals surface area contributed by atoms with Crippen LogP contribution in [0.3, 0.4) is 0 Å². The number of pyridine rings is 1. The Kier molecular flexibility index (Phi) is 5.76. The molecule has 3 unspecified atom stereocenters. The van der Waals surface area contributed by atoms with Crippen LogP contribution in [0.4, 0.5) is 0 Å². The van der Waals surface area contributed by atoms with E-state index in [1.165, 1.54) is 28.8 Å². The number of nitrogens with two attached hydrogens (primary N) is 1. The van der Waals surface area contributed by atoms with Gasteiger partial charge in [-0.1, -0.05) is 43.7 Å². The number of hydrogen-bond acceptors (Lipinski definition) is 4. The van der Waals surface area contributed by atoms with E-state index in [0.29, 0.717) is 12.0 Å². The summed E-state index contributed by atoms with van der Waals surface area (Å²) in [5.74, 6) is 0.368. The number of fused-ring (bicyclic) bond motifs is 2. The molecule has 0 fully saturated rings. The van der Waals surface area contributed by atoms with E-state index < -0.39 is 0 Å². The van der Waals surface area contributed by atoms with Crippen LogP contribution in [0.15, 0.2) is 42.6 Å². The normalized spacial score (nSPS) is 23.5. The van der Waals surface area contributed by atoms with Crippen molar-refractivity contribution >= 4 is 0 Å². The lowest BCUT2D eigenvalue weighted by molar-refractivity contribution is 0.242. The molecule has 1 aliphatic carbocycles. The Morgan fingerprint density at radius 3 is 2.85 bits per heavy atom. The smallest absolute Gasteiger partial charge is 0.0484 e. The Hall–Kier alpha value is -1.75. The molecule has 3 atom stereocenters. The number of nitrogens with zero attached hydrogens (tertiary/aromatic N) is 1. The highest BCUT2D eigenvalue weighted by molar-refractivity contribution is 5.35. The minimum atomic E-state index is -0.201. The van der Waals surface area contributed by atoms with E-state index in [1.807, 2.05) is 6.20 Å². The Labute approximate surface area is 157 Å². The summed E-state index contributed by atoms with van der Waals surface area (Å²) in [6.07, 6.45) is 8.62. The SMILES string of the molecule is CCCC(N)(CC1NCc2ccccc21)C1CCCc2cccnc21.N. The third-order valence-electron chi connectivity index (χ3n) is 6.16. The Morgan fingerprint density at radius 2 is 2.00 bits per heavy atom. The fraction of sp³-hybridized carbons (Fsp3) is 0.500. The first-order chi connectivity index (χ1) is 12.2. The van der Waals surface area contributed by atoms with Crippen molar-refractivity contribution in [1.82, 2.24) is 16.5 Å². The summed E-state index contributed by atoms with van der Waals surface area (Å²) in [6, 6.07) is 13.4. The molecule has 1 aromatic carbocycles. The van der Waals surface area contributed by atoms with Crippen molar-refractivity contribution in [3.05, 3.63) is 65.0 Å². The van der Waals surface area contributed by atoms with Crippen LogP contribution in [-0.4, -0.2) is 10.5 Å². The molecule has 0 saturated heterocycles. The molecule has 4 rings (SSSR count). The Balaban J connectivity index is 0.00000196. The number of nitrogens with one attached hydrogen (secondary N) is 1. The zero-order valence-corrected chi connectivity index (χ0v) is 15.9. The summed E-state index contributed by atoms with van der Waals surface area (Å²) in [4.78, 5) is 4.77. The highest BCUT2D eigenvalue weighted by Gasteiger charge is 2.41.